The molecule has 0 bridgehead atoms. The van der Waals surface area contributed by atoms with Gasteiger partial charge in [0.05, 0.1) is 5.69 Å². The van der Waals surface area contributed by atoms with Crippen molar-refractivity contribution >= 4 is 39.3 Å². The van der Waals surface area contributed by atoms with Gasteiger partial charge < -0.3 is 15.7 Å². The number of pyridine rings is 1. The van der Waals surface area contributed by atoms with Gasteiger partial charge >= 0.3 is 12.0 Å². The predicted molar refractivity (Wildman–Crippen MR) is 78.0 cm³/mol. The number of aromatic nitrogens is 1. The van der Waals surface area contributed by atoms with Gasteiger partial charge in [-0.1, -0.05) is 22.0 Å². The van der Waals surface area contributed by atoms with Gasteiger partial charge in [-0.05, 0) is 30.3 Å². The molecular weight excluding hydrogens is 326 g/mol. The van der Waals surface area contributed by atoms with Crippen LogP contribution in [0.2, 0.25) is 0 Å². The normalized spacial score (nSPS) is 9.85. The summed E-state index contributed by atoms with van der Waals surface area (Å²) in [7, 11) is 0. The maximum Gasteiger partial charge on any atom is 0.356 e. The van der Waals surface area contributed by atoms with Gasteiger partial charge in [0.15, 0.2) is 5.69 Å². The molecule has 3 N–H and O–H groups in total. The van der Waals surface area contributed by atoms with E-state index in [1.807, 2.05) is 6.07 Å². The van der Waals surface area contributed by atoms with Crippen LogP contribution in [0.5, 0.6) is 0 Å². The van der Waals surface area contributed by atoms with Crippen molar-refractivity contribution in [3.05, 3.63) is 52.8 Å². The average Bonchev–Trinajstić information content (AvgIpc) is 2.38. The molecule has 2 amide bonds. The predicted octanol–water partition coefficient (Wildman–Crippen LogP) is 3.19. The molecule has 0 radical (unpaired) electrons. The van der Waals surface area contributed by atoms with E-state index >= 15 is 0 Å². The summed E-state index contributed by atoms with van der Waals surface area (Å²) in [6.07, 6.45) is 1.35. The summed E-state index contributed by atoms with van der Waals surface area (Å²) in [4.78, 5) is 26.5. The Kier molecular flexibility index (Phi) is 4.31. The lowest BCUT2D eigenvalue weighted by Gasteiger charge is -2.09. The first-order valence-electron chi connectivity index (χ1n) is 5.58. The molecule has 2 aromatic rings. The van der Waals surface area contributed by atoms with E-state index in [9.17, 15) is 9.59 Å². The van der Waals surface area contributed by atoms with Gasteiger partial charge in [0, 0.05) is 16.4 Å². The van der Waals surface area contributed by atoms with Gasteiger partial charge in [-0.15, -0.1) is 0 Å². The molecule has 102 valence electrons. The number of carboxylic acids is 1. The number of aromatic carboxylic acids is 1. The number of nitrogens with one attached hydrogen (secondary N) is 2. The summed E-state index contributed by atoms with van der Waals surface area (Å²) in [5, 5.41) is 14.0. The Morgan fingerprint density at radius 2 is 1.95 bits per heavy atom. The lowest BCUT2D eigenvalue weighted by Crippen LogP contribution is -2.21. The summed E-state index contributed by atoms with van der Waals surface area (Å²) in [6, 6.07) is 9.50. The van der Waals surface area contributed by atoms with Crippen molar-refractivity contribution < 1.29 is 14.7 Å². The smallest absolute Gasteiger partial charge is 0.356 e. The highest BCUT2D eigenvalue weighted by molar-refractivity contribution is 9.10. The van der Waals surface area contributed by atoms with Crippen LogP contribution < -0.4 is 10.6 Å². The number of nitrogens with zero attached hydrogens (tertiary/aromatic N) is 1. The molecule has 0 fully saturated rings. The second kappa shape index (κ2) is 6.16. The van der Waals surface area contributed by atoms with Crippen LogP contribution in [0.4, 0.5) is 16.2 Å². The number of anilines is 2. The van der Waals surface area contributed by atoms with Gasteiger partial charge in [0.2, 0.25) is 0 Å². The molecule has 7 heteroatoms. The third-order valence-corrected chi connectivity index (χ3v) is 2.83. The van der Waals surface area contributed by atoms with Crippen molar-refractivity contribution in [1.29, 1.82) is 0 Å². The molecule has 0 spiro atoms. The minimum Gasteiger partial charge on any atom is -0.476 e. The number of hydrogen-bond acceptors (Lipinski definition) is 3. The fraction of sp³-hybridized carbons (Fsp3) is 0. The number of rotatable bonds is 3. The van der Waals surface area contributed by atoms with Crippen molar-refractivity contribution in [3.8, 4) is 0 Å². The minimum atomic E-state index is -1.21. The first-order valence-corrected chi connectivity index (χ1v) is 6.37. The second-order valence-electron chi connectivity index (χ2n) is 3.79. The monoisotopic (exact) mass is 335 g/mol. The summed E-state index contributed by atoms with van der Waals surface area (Å²) in [6.45, 7) is 0. The van der Waals surface area contributed by atoms with Crippen LogP contribution >= 0.6 is 15.9 Å². The summed E-state index contributed by atoms with van der Waals surface area (Å²) >= 11 is 3.29. The lowest BCUT2D eigenvalue weighted by molar-refractivity contribution is 0.0692. The molecule has 6 nitrogen and oxygen atoms in total. The molecule has 20 heavy (non-hydrogen) atoms. The first kappa shape index (κ1) is 14.0. The Morgan fingerprint density at radius 1 is 1.15 bits per heavy atom. The molecule has 1 aromatic carbocycles. The summed E-state index contributed by atoms with van der Waals surface area (Å²) < 4.78 is 0.822. The van der Waals surface area contributed by atoms with Crippen LogP contribution in [0.25, 0.3) is 0 Å². The summed E-state index contributed by atoms with van der Waals surface area (Å²) in [5.74, 6) is -1.21. The quantitative estimate of drug-likeness (QED) is 0.803. The summed E-state index contributed by atoms with van der Waals surface area (Å²) in [5.41, 5.74) is 0.502. The fourth-order valence-corrected chi connectivity index (χ4v) is 1.93. The number of hydrogen-bond donors (Lipinski definition) is 3. The number of benzene rings is 1. The molecule has 0 unspecified atom stereocenters. The number of carboxylic acid groups (broad SMARTS) is 1. The zero-order valence-electron chi connectivity index (χ0n) is 10.1. The Morgan fingerprint density at radius 3 is 2.65 bits per heavy atom. The maximum atomic E-state index is 11.8. The number of urea groups is 1. The minimum absolute atomic E-state index is 0.132. The van der Waals surface area contributed by atoms with Crippen LogP contribution in [-0.2, 0) is 0 Å². The van der Waals surface area contributed by atoms with E-state index in [1.54, 1.807) is 24.3 Å². The van der Waals surface area contributed by atoms with E-state index in [1.165, 1.54) is 12.3 Å². The average molecular weight is 336 g/mol. The van der Waals surface area contributed by atoms with Crippen LogP contribution in [0.15, 0.2) is 47.1 Å². The number of carbonyl (C=O) groups is 2. The molecule has 0 saturated carbocycles. The molecule has 0 aliphatic rings. The topological polar surface area (TPSA) is 91.3 Å². The zero-order valence-corrected chi connectivity index (χ0v) is 11.7. The largest absolute Gasteiger partial charge is 0.476 e. The Hall–Kier alpha value is -2.41. The Balaban J connectivity index is 2.11. The maximum absolute atomic E-state index is 11.8. The number of amides is 2. The van der Waals surface area contributed by atoms with Crippen LogP contribution in [0, 0.1) is 0 Å². The van der Waals surface area contributed by atoms with Gasteiger partial charge in [-0.25, -0.2) is 14.6 Å². The van der Waals surface area contributed by atoms with Gasteiger partial charge in [-0.2, -0.15) is 0 Å². The highest BCUT2D eigenvalue weighted by Crippen LogP contribution is 2.17. The van der Waals surface area contributed by atoms with E-state index in [-0.39, 0.29) is 11.4 Å². The number of halogens is 1. The molecule has 1 aromatic heterocycles. The molecule has 0 aliphatic heterocycles. The molecular formula is C13H10BrN3O3. The fourth-order valence-electron chi connectivity index (χ4n) is 1.53. The van der Waals surface area contributed by atoms with Crippen LogP contribution in [0.1, 0.15) is 10.5 Å². The van der Waals surface area contributed by atoms with Crippen molar-refractivity contribution in [2.75, 3.05) is 10.6 Å². The van der Waals surface area contributed by atoms with E-state index < -0.39 is 12.0 Å². The molecule has 2 rings (SSSR count). The molecule has 1 heterocycles. The lowest BCUT2D eigenvalue weighted by atomic mass is 10.3. The molecule has 0 aliphatic carbocycles. The third-order valence-electron chi connectivity index (χ3n) is 2.34. The van der Waals surface area contributed by atoms with E-state index in [0.717, 1.165) is 4.47 Å². The highest BCUT2D eigenvalue weighted by Gasteiger charge is 2.13. The van der Waals surface area contributed by atoms with Crippen LogP contribution in [-0.4, -0.2) is 22.1 Å². The zero-order chi connectivity index (χ0) is 14.5. The molecule has 0 atom stereocenters. The van der Waals surface area contributed by atoms with E-state index in [2.05, 4.69) is 31.5 Å². The first-order chi connectivity index (χ1) is 9.56. The third kappa shape index (κ3) is 3.55. The standard InChI is InChI=1S/C13H10BrN3O3/c14-8-3-1-4-9(7-8)16-13(20)17-10-5-2-6-15-11(10)12(18)19/h1-7H,(H,18,19)(H2,16,17,20). The van der Waals surface area contributed by atoms with Crippen molar-refractivity contribution in [2.24, 2.45) is 0 Å². The van der Waals surface area contributed by atoms with Crippen LogP contribution in [0.3, 0.4) is 0 Å². The van der Waals surface area contributed by atoms with E-state index in [4.69, 9.17) is 5.11 Å². The van der Waals surface area contributed by atoms with Crippen molar-refractivity contribution in [3.63, 3.8) is 0 Å². The highest BCUT2D eigenvalue weighted by atomic mass is 79.9. The Bertz CT molecular complexity index is 661. The van der Waals surface area contributed by atoms with Gasteiger partial charge in [0.1, 0.15) is 0 Å². The van der Waals surface area contributed by atoms with Crippen molar-refractivity contribution in [1.82, 2.24) is 4.98 Å². The second-order valence-corrected chi connectivity index (χ2v) is 4.71. The Labute approximate surface area is 123 Å². The van der Waals surface area contributed by atoms with Gasteiger partial charge in [-0.3, -0.25) is 0 Å². The van der Waals surface area contributed by atoms with Gasteiger partial charge in [0.25, 0.3) is 0 Å². The SMILES string of the molecule is O=C(Nc1cccc(Br)c1)Nc1cccnc1C(=O)O. The number of carbonyl (C=O) groups excluding carboxylic acids is 1. The van der Waals surface area contributed by atoms with Crippen molar-refractivity contribution in [2.45, 2.75) is 0 Å². The van der Waals surface area contributed by atoms with E-state index in [0.29, 0.717) is 5.69 Å². The molecule has 0 saturated heterocycles.